The molecule has 184 valence electrons. The first-order chi connectivity index (χ1) is 14.3. The number of rotatable bonds is 25. The van der Waals surface area contributed by atoms with E-state index >= 15 is 0 Å². The van der Waals surface area contributed by atoms with Crippen molar-refractivity contribution in [1.29, 1.82) is 0 Å². The Morgan fingerprint density at radius 1 is 0.500 bits per heavy atom. The van der Waals surface area contributed by atoms with Gasteiger partial charge in [0.1, 0.15) is 0 Å². The molecule has 0 aliphatic rings. The van der Waals surface area contributed by atoms with Crippen LogP contribution in [0, 0.1) is 0 Å². The molecule has 2 nitrogen and oxygen atoms in total. The van der Waals surface area contributed by atoms with E-state index in [0.29, 0.717) is 6.61 Å². The highest BCUT2D eigenvalue weighted by Gasteiger charge is 2.10. The lowest BCUT2D eigenvalue weighted by Crippen LogP contribution is -3.00. The highest BCUT2D eigenvalue weighted by atomic mass is 35.5. The summed E-state index contributed by atoms with van der Waals surface area (Å²) < 4.78 is 0. The summed E-state index contributed by atoms with van der Waals surface area (Å²) in [5.41, 5.74) is 0. The van der Waals surface area contributed by atoms with Gasteiger partial charge in [-0.3, -0.25) is 0 Å². The fraction of sp³-hybridized carbons (Fsp3) is 1.00. The Hall–Kier alpha value is 0.210. The zero-order chi connectivity index (χ0) is 21.3. The third-order valence-electron chi connectivity index (χ3n) is 6.49. The summed E-state index contributed by atoms with van der Waals surface area (Å²) in [5, 5.41) is 11.6. The summed E-state index contributed by atoms with van der Waals surface area (Å²) in [7, 11) is 0. The van der Waals surface area contributed by atoms with Gasteiger partial charge >= 0.3 is 0 Å². The number of halogens is 1. The quantitative estimate of drug-likeness (QED) is 0.198. The predicted molar refractivity (Wildman–Crippen MR) is 131 cm³/mol. The maximum Gasteiger partial charge on any atom is 0.0992 e. The number of nitrogens with two attached hydrogens (primary N) is 1. The molecule has 0 saturated carbocycles. The average Bonchev–Trinajstić information content (AvgIpc) is 2.74. The topological polar surface area (TPSA) is 36.8 Å². The van der Waals surface area contributed by atoms with Crippen LogP contribution < -0.4 is 17.7 Å². The first kappa shape index (κ1) is 32.4. The van der Waals surface area contributed by atoms with Crippen molar-refractivity contribution in [3.05, 3.63) is 0 Å². The van der Waals surface area contributed by atoms with Gasteiger partial charge in [0.2, 0.25) is 0 Å². The number of aliphatic hydroxyl groups is 1. The minimum absolute atomic E-state index is 0. The molecule has 0 aromatic rings. The largest absolute Gasteiger partial charge is 1.00 e. The molecule has 0 rings (SSSR count). The second-order valence-electron chi connectivity index (χ2n) is 9.45. The monoisotopic (exact) mass is 447 g/mol. The maximum absolute atomic E-state index is 9.18. The molecule has 0 aromatic heterocycles. The third-order valence-corrected chi connectivity index (χ3v) is 6.49. The second-order valence-corrected chi connectivity index (χ2v) is 9.45. The van der Waals surface area contributed by atoms with Crippen LogP contribution in [0.5, 0.6) is 0 Å². The molecule has 0 unspecified atom stereocenters. The molecule has 0 amide bonds. The molecule has 0 aliphatic heterocycles. The highest BCUT2D eigenvalue weighted by Crippen LogP contribution is 2.14. The Balaban J connectivity index is 0. The molecule has 0 aliphatic carbocycles. The van der Waals surface area contributed by atoms with Crippen LogP contribution in [0.15, 0.2) is 0 Å². The van der Waals surface area contributed by atoms with Crippen molar-refractivity contribution in [1.82, 2.24) is 0 Å². The van der Waals surface area contributed by atoms with E-state index in [1.807, 2.05) is 0 Å². The van der Waals surface area contributed by atoms with Gasteiger partial charge in [0.05, 0.1) is 19.2 Å². The fourth-order valence-corrected chi connectivity index (χ4v) is 4.48. The highest BCUT2D eigenvalue weighted by molar-refractivity contribution is 4.58. The summed E-state index contributed by atoms with van der Waals surface area (Å²) in [6, 6.07) is 0.755. The predicted octanol–water partition coefficient (Wildman–Crippen LogP) is 4.54. The normalized spacial score (nSPS) is 11.2. The molecule has 0 heterocycles. The van der Waals surface area contributed by atoms with Crippen molar-refractivity contribution < 1.29 is 22.8 Å². The zero-order valence-corrected chi connectivity index (χ0v) is 21.7. The van der Waals surface area contributed by atoms with E-state index in [2.05, 4.69) is 19.2 Å². The van der Waals surface area contributed by atoms with Crippen LogP contribution >= 0.6 is 0 Å². The smallest absolute Gasteiger partial charge is 0.0992 e. The third kappa shape index (κ3) is 26.2. The van der Waals surface area contributed by atoms with Crippen molar-refractivity contribution in [3.8, 4) is 0 Å². The van der Waals surface area contributed by atoms with Crippen molar-refractivity contribution in [2.75, 3.05) is 13.2 Å². The van der Waals surface area contributed by atoms with E-state index in [4.69, 9.17) is 0 Å². The summed E-state index contributed by atoms with van der Waals surface area (Å²) in [6.07, 6.45) is 31.2. The molecule has 0 atom stereocenters. The number of quaternary nitrogens is 1. The molecule has 0 radical (unpaired) electrons. The van der Waals surface area contributed by atoms with Crippen molar-refractivity contribution in [3.63, 3.8) is 0 Å². The van der Waals surface area contributed by atoms with Gasteiger partial charge in [0, 0.05) is 0 Å². The average molecular weight is 448 g/mol. The Labute approximate surface area is 197 Å². The minimum Gasteiger partial charge on any atom is -1.00 e. The lowest BCUT2D eigenvalue weighted by atomic mass is 9.99. The molecule has 0 fully saturated rings. The molecular weight excluding hydrogens is 390 g/mol. The van der Waals surface area contributed by atoms with Crippen LogP contribution in [0.25, 0.3) is 0 Å². The van der Waals surface area contributed by atoms with Gasteiger partial charge in [-0.15, -0.1) is 0 Å². The molecule has 0 spiro atoms. The Kier molecular flexibility index (Phi) is 31.5. The van der Waals surface area contributed by atoms with Crippen LogP contribution in [-0.4, -0.2) is 24.3 Å². The van der Waals surface area contributed by atoms with E-state index in [-0.39, 0.29) is 12.4 Å². The molecule has 3 heteroatoms. The summed E-state index contributed by atoms with van der Waals surface area (Å²) in [6.45, 7) is 5.80. The maximum atomic E-state index is 9.18. The number of unbranched alkanes of at least 4 members (excludes halogenated alkanes) is 18. The molecule has 0 saturated heterocycles. The first-order valence-electron chi connectivity index (χ1n) is 13.8. The van der Waals surface area contributed by atoms with Gasteiger partial charge in [-0.2, -0.15) is 0 Å². The lowest BCUT2D eigenvalue weighted by molar-refractivity contribution is -0.691. The van der Waals surface area contributed by atoms with Crippen molar-refractivity contribution >= 4 is 0 Å². The second kappa shape index (κ2) is 29.2. The van der Waals surface area contributed by atoms with E-state index in [9.17, 15) is 5.11 Å². The van der Waals surface area contributed by atoms with Crippen LogP contribution in [0.2, 0.25) is 0 Å². The van der Waals surface area contributed by atoms with E-state index in [0.717, 1.165) is 12.6 Å². The summed E-state index contributed by atoms with van der Waals surface area (Å²) >= 11 is 0. The lowest BCUT2D eigenvalue weighted by Gasteiger charge is -2.15. The van der Waals surface area contributed by atoms with Gasteiger partial charge in [-0.1, -0.05) is 129 Å². The fourth-order valence-electron chi connectivity index (χ4n) is 4.48. The minimum atomic E-state index is 0. The Bertz CT molecular complexity index is 264. The standard InChI is InChI=1S/C27H57NO.ClH/c1-3-5-7-9-11-13-15-17-19-21-23-27(28-25-26-29)24-22-20-18-16-14-12-10-8-6-4-2;/h27-29H,3-26H2,1-2H3;1H. The van der Waals surface area contributed by atoms with Crippen LogP contribution in [0.1, 0.15) is 155 Å². The Morgan fingerprint density at radius 2 is 0.800 bits per heavy atom. The Morgan fingerprint density at radius 3 is 1.10 bits per heavy atom. The van der Waals surface area contributed by atoms with Crippen molar-refractivity contribution in [2.24, 2.45) is 0 Å². The van der Waals surface area contributed by atoms with Crippen LogP contribution in [0.3, 0.4) is 0 Å². The van der Waals surface area contributed by atoms with Gasteiger partial charge in [-0.05, 0) is 25.7 Å². The van der Waals surface area contributed by atoms with Gasteiger partial charge < -0.3 is 22.8 Å². The van der Waals surface area contributed by atoms with Gasteiger partial charge in [0.15, 0.2) is 0 Å². The van der Waals surface area contributed by atoms with Crippen molar-refractivity contribution in [2.45, 2.75) is 161 Å². The van der Waals surface area contributed by atoms with Gasteiger partial charge in [-0.25, -0.2) is 0 Å². The summed E-state index contributed by atoms with van der Waals surface area (Å²) in [5.74, 6) is 0. The van der Waals surface area contributed by atoms with Crippen LogP contribution in [-0.2, 0) is 0 Å². The molecule has 0 aromatic carbocycles. The van der Waals surface area contributed by atoms with Crippen LogP contribution in [0.4, 0.5) is 0 Å². The summed E-state index contributed by atoms with van der Waals surface area (Å²) in [4.78, 5) is 0. The molecule has 3 N–H and O–H groups in total. The molecule has 30 heavy (non-hydrogen) atoms. The number of aliphatic hydroxyl groups excluding tert-OH is 1. The number of hydrogen-bond acceptors (Lipinski definition) is 1. The zero-order valence-electron chi connectivity index (χ0n) is 21.0. The van der Waals surface area contributed by atoms with E-state index in [1.54, 1.807) is 0 Å². The first-order valence-corrected chi connectivity index (χ1v) is 13.8. The van der Waals surface area contributed by atoms with Gasteiger partial charge in [0.25, 0.3) is 0 Å². The van der Waals surface area contributed by atoms with E-state index < -0.39 is 0 Å². The number of hydrogen-bond donors (Lipinski definition) is 2. The van der Waals surface area contributed by atoms with E-state index in [1.165, 1.54) is 141 Å². The SMILES string of the molecule is CCCCCCCCCCCCC(CCCCCCCCCCCC)[NH2+]CCO.[Cl-]. The molecule has 0 bridgehead atoms. The molecular formula is C27H58ClNO.